The van der Waals surface area contributed by atoms with E-state index in [0.717, 1.165) is 21.9 Å². The zero-order valence-electron chi connectivity index (χ0n) is 16.4. The zero-order valence-corrected chi connectivity index (χ0v) is 17.3. The number of ether oxygens (including phenoxy) is 1. The number of aliphatic hydroxyl groups is 1. The molecule has 4 rings (SSSR count). The summed E-state index contributed by atoms with van der Waals surface area (Å²) < 4.78 is 18.4. The van der Waals surface area contributed by atoms with Gasteiger partial charge in [0, 0.05) is 16.3 Å². The van der Waals surface area contributed by atoms with Crippen LogP contribution in [-0.2, 0) is 4.79 Å². The third-order valence-corrected chi connectivity index (χ3v) is 6.39. The molecule has 30 heavy (non-hydrogen) atoms. The highest BCUT2D eigenvalue weighted by atomic mass is 32.2. The number of para-hydroxylation sites is 1. The summed E-state index contributed by atoms with van der Waals surface area (Å²) in [4.78, 5) is 15.6. The number of anilines is 1. The van der Waals surface area contributed by atoms with E-state index in [0.29, 0.717) is 5.75 Å². The molecule has 0 saturated carbocycles. The van der Waals surface area contributed by atoms with Gasteiger partial charge in [0.1, 0.15) is 11.6 Å². The average molecular weight is 424 g/mol. The summed E-state index contributed by atoms with van der Waals surface area (Å²) in [6.07, 6.45) is -0.759. The predicted octanol–water partition coefficient (Wildman–Crippen LogP) is 4.49. The van der Waals surface area contributed by atoms with Crippen LogP contribution in [0, 0.1) is 5.82 Å². The highest BCUT2D eigenvalue weighted by Crippen LogP contribution is 2.42. The molecule has 1 fully saturated rings. The van der Waals surface area contributed by atoms with E-state index < -0.39 is 12.0 Å². The maximum Gasteiger partial charge on any atom is 0.237 e. The van der Waals surface area contributed by atoms with Crippen molar-refractivity contribution in [2.45, 2.75) is 23.0 Å². The van der Waals surface area contributed by atoms with E-state index in [9.17, 15) is 14.3 Å². The van der Waals surface area contributed by atoms with Crippen molar-refractivity contribution in [3.63, 3.8) is 0 Å². The van der Waals surface area contributed by atoms with Gasteiger partial charge >= 0.3 is 0 Å². The molecule has 3 atom stereocenters. The number of hydrogen-bond donors (Lipinski definition) is 1. The van der Waals surface area contributed by atoms with E-state index in [-0.39, 0.29) is 17.8 Å². The third kappa shape index (κ3) is 4.06. The molecule has 1 aliphatic rings. The van der Waals surface area contributed by atoms with Crippen LogP contribution < -0.4 is 9.64 Å². The Morgan fingerprint density at radius 3 is 2.33 bits per heavy atom. The minimum absolute atomic E-state index is 0.0396. The summed E-state index contributed by atoms with van der Waals surface area (Å²) in [5.74, 6) is 0.343. The number of amides is 1. The maximum atomic E-state index is 13.1. The van der Waals surface area contributed by atoms with Crippen LogP contribution in [0.5, 0.6) is 5.75 Å². The van der Waals surface area contributed by atoms with Crippen molar-refractivity contribution < 1.29 is 19.0 Å². The molecule has 0 aliphatic carbocycles. The van der Waals surface area contributed by atoms with Crippen molar-refractivity contribution in [3.05, 3.63) is 90.2 Å². The highest BCUT2D eigenvalue weighted by molar-refractivity contribution is 7.99. The number of nitrogens with zero attached hydrogens (tertiary/aromatic N) is 1. The van der Waals surface area contributed by atoms with Crippen molar-refractivity contribution in [1.82, 2.24) is 0 Å². The molecule has 3 aromatic rings. The Morgan fingerprint density at radius 1 is 1.03 bits per heavy atom. The second kappa shape index (κ2) is 8.90. The van der Waals surface area contributed by atoms with Crippen molar-refractivity contribution in [1.29, 1.82) is 0 Å². The van der Waals surface area contributed by atoms with Crippen molar-refractivity contribution in [2.75, 3.05) is 17.8 Å². The van der Waals surface area contributed by atoms with Crippen molar-refractivity contribution >= 4 is 23.4 Å². The van der Waals surface area contributed by atoms with Gasteiger partial charge in [0.2, 0.25) is 5.91 Å². The molecule has 0 radical (unpaired) electrons. The van der Waals surface area contributed by atoms with Gasteiger partial charge in [-0.05, 0) is 54.1 Å². The van der Waals surface area contributed by atoms with Crippen LogP contribution in [0.1, 0.15) is 11.5 Å². The molecule has 3 aromatic carbocycles. The lowest BCUT2D eigenvalue weighted by Gasteiger charge is -2.49. The molecule has 1 N–H and O–H groups in total. The summed E-state index contributed by atoms with van der Waals surface area (Å²) in [7, 11) is 1.60. The third-order valence-electron chi connectivity index (χ3n) is 5.28. The molecule has 0 aromatic heterocycles. The summed E-state index contributed by atoms with van der Waals surface area (Å²) in [6, 6.07) is 22.6. The fraction of sp³-hybridized carbons (Fsp3) is 0.208. The van der Waals surface area contributed by atoms with Crippen LogP contribution in [0.2, 0.25) is 0 Å². The molecule has 0 unspecified atom stereocenters. The summed E-state index contributed by atoms with van der Waals surface area (Å²) in [5.41, 5.74) is 1.62. The Balaban J connectivity index is 1.57. The van der Waals surface area contributed by atoms with Gasteiger partial charge in [-0.15, -0.1) is 11.8 Å². The van der Waals surface area contributed by atoms with Gasteiger partial charge in [0.05, 0.1) is 25.2 Å². The van der Waals surface area contributed by atoms with E-state index in [2.05, 4.69) is 0 Å². The molecule has 1 saturated heterocycles. The molecule has 1 aliphatic heterocycles. The van der Waals surface area contributed by atoms with E-state index >= 15 is 0 Å². The van der Waals surface area contributed by atoms with Crippen LogP contribution in [-0.4, -0.2) is 36.0 Å². The minimum Gasteiger partial charge on any atom is -0.497 e. The van der Waals surface area contributed by atoms with Gasteiger partial charge in [-0.2, -0.15) is 0 Å². The van der Waals surface area contributed by atoms with Gasteiger partial charge in [-0.1, -0.05) is 30.3 Å². The number of aliphatic hydroxyl groups excluding tert-OH is 1. The topological polar surface area (TPSA) is 49.8 Å². The minimum atomic E-state index is -0.759. The van der Waals surface area contributed by atoms with Crippen molar-refractivity contribution in [3.8, 4) is 5.75 Å². The Bertz CT molecular complexity index is 995. The number of methoxy groups -OCH3 is 1. The van der Waals surface area contributed by atoms with E-state index in [1.165, 1.54) is 23.9 Å². The fourth-order valence-corrected chi connectivity index (χ4v) is 4.64. The average Bonchev–Trinajstić information content (AvgIpc) is 2.78. The molecular weight excluding hydrogens is 401 g/mol. The molecule has 0 bridgehead atoms. The highest BCUT2D eigenvalue weighted by Gasteiger charge is 2.52. The smallest absolute Gasteiger partial charge is 0.237 e. The normalized spacial score (nSPS) is 19.3. The predicted molar refractivity (Wildman–Crippen MR) is 117 cm³/mol. The first kappa shape index (κ1) is 20.4. The summed E-state index contributed by atoms with van der Waals surface area (Å²) in [6.45, 7) is 0. The summed E-state index contributed by atoms with van der Waals surface area (Å²) in [5, 5.41) is 11.1. The second-order valence-corrected chi connectivity index (χ2v) is 8.21. The van der Waals surface area contributed by atoms with E-state index in [1.54, 1.807) is 24.1 Å². The molecule has 4 nitrogen and oxygen atoms in total. The second-order valence-electron chi connectivity index (χ2n) is 7.12. The number of thioether (sulfide) groups is 1. The standard InChI is InChI=1S/C24H22FNO3S/c1-29-19-11-7-16(8-12-19)22-23(26(24(22)28)18-5-3-2-4-6-18)21(27)15-30-20-13-9-17(25)10-14-20/h2-14,21-23,27H,15H2,1H3/t21-,22+,23-/m1/s1. The van der Waals surface area contributed by atoms with Gasteiger partial charge < -0.3 is 14.7 Å². The SMILES string of the molecule is COc1ccc([C@@H]2C(=O)N(c3ccccc3)[C@@H]2[C@H](O)CSc2ccc(F)cc2)cc1. The summed E-state index contributed by atoms with van der Waals surface area (Å²) >= 11 is 1.44. The van der Waals surface area contributed by atoms with Crippen molar-refractivity contribution in [2.24, 2.45) is 0 Å². The quantitative estimate of drug-likeness (QED) is 0.450. The molecule has 154 valence electrons. The van der Waals surface area contributed by atoms with E-state index in [1.807, 2.05) is 54.6 Å². The van der Waals surface area contributed by atoms with Gasteiger partial charge in [-0.3, -0.25) is 4.79 Å². The Morgan fingerprint density at radius 2 is 1.70 bits per heavy atom. The van der Waals surface area contributed by atoms with Crippen LogP contribution in [0.15, 0.2) is 83.8 Å². The fourth-order valence-electron chi connectivity index (χ4n) is 3.75. The monoisotopic (exact) mass is 423 g/mol. The number of β-lactam (4-membered cyclic amide) rings is 1. The van der Waals surface area contributed by atoms with Gasteiger partial charge in [-0.25, -0.2) is 4.39 Å². The number of benzene rings is 3. The first-order valence-electron chi connectivity index (χ1n) is 9.67. The first-order valence-corrected chi connectivity index (χ1v) is 10.7. The Hall–Kier alpha value is -2.83. The number of rotatable bonds is 7. The van der Waals surface area contributed by atoms with Crippen LogP contribution in [0.25, 0.3) is 0 Å². The van der Waals surface area contributed by atoms with Crippen LogP contribution in [0.3, 0.4) is 0 Å². The van der Waals surface area contributed by atoms with Crippen LogP contribution >= 0.6 is 11.8 Å². The van der Waals surface area contributed by atoms with Crippen LogP contribution in [0.4, 0.5) is 10.1 Å². The maximum absolute atomic E-state index is 13.1. The van der Waals surface area contributed by atoms with Gasteiger partial charge in [0.25, 0.3) is 0 Å². The lowest BCUT2D eigenvalue weighted by atomic mass is 9.78. The number of hydrogen-bond acceptors (Lipinski definition) is 4. The molecule has 0 spiro atoms. The van der Waals surface area contributed by atoms with Gasteiger partial charge in [0.15, 0.2) is 0 Å². The number of carbonyl (C=O) groups excluding carboxylic acids is 1. The van der Waals surface area contributed by atoms with E-state index in [4.69, 9.17) is 4.74 Å². The Labute approximate surface area is 179 Å². The Kier molecular flexibility index (Phi) is 6.06. The molecule has 6 heteroatoms. The number of halogens is 1. The molecular formula is C24H22FNO3S. The number of carbonyl (C=O) groups is 1. The largest absolute Gasteiger partial charge is 0.497 e. The first-order chi connectivity index (χ1) is 14.6. The lowest BCUT2D eigenvalue weighted by molar-refractivity contribution is -0.128. The zero-order chi connectivity index (χ0) is 21.1. The lowest BCUT2D eigenvalue weighted by Crippen LogP contribution is -2.65. The molecule has 1 heterocycles. The molecule has 1 amide bonds.